The van der Waals surface area contributed by atoms with Crippen LogP contribution in [0, 0.1) is 5.92 Å². The number of hydrogen-bond acceptors (Lipinski definition) is 6. The van der Waals surface area contributed by atoms with Crippen molar-refractivity contribution in [1.29, 1.82) is 0 Å². The number of piperazine rings is 1. The van der Waals surface area contributed by atoms with E-state index >= 15 is 0 Å². The number of benzene rings is 1. The maximum Gasteiger partial charge on any atom is 0.257 e. The Hall–Kier alpha value is -2.12. The minimum atomic E-state index is 0.0536. The van der Waals surface area contributed by atoms with Crippen molar-refractivity contribution in [3.05, 3.63) is 40.9 Å². The molecule has 0 radical (unpaired) electrons. The van der Waals surface area contributed by atoms with Crippen molar-refractivity contribution in [1.82, 2.24) is 14.8 Å². The number of carbonyl (C=O) groups is 1. The molecule has 3 heterocycles. The molecule has 0 unspecified atom stereocenters. The highest BCUT2D eigenvalue weighted by atomic mass is 32.1. The van der Waals surface area contributed by atoms with Crippen LogP contribution in [0.5, 0.6) is 5.75 Å². The molecular weight excluding hydrogens is 396 g/mol. The minimum Gasteiger partial charge on any atom is -0.493 e. The number of carbonyl (C=O) groups excluding carboxylic acids is 1. The molecule has 2 aliphatic rings. The summed E-state index contributed by atoms with van der Waals surface area (Å²) in [5.41, 5.74) is 1.83. The molecule has 0 aliphatic carbocycles. The molecule has 7 heteroatoms. The zero-order chi connectivity index (χ0) is 20.9. The maximum absolute atomic E-state index is 13.0. The normalized spacial score (nSPS) is 18.6. The number of amides is 1. The zero-order valence-electron chi connectivity index (χ0n) is 18.0. The van der Waals surface area contributed by atoms with Crippen LogP contribution in [0.4, 0.5) is 5.13 Å². The summed E-state index contributed by atoms with van der Waals surface area (Å²) < 4.78 is 5.64. The summed E-state index contributed by atoms with van der Waals surface area (Å²) in [5, 5.41) is 3.28. The van der Waals surface area contributed by atoms with Crippen LogP contribution < -0.4 is 9.64 Å². The van der Waals surface area contributed by atoms with E-state index in [1.54, 1.807) is 11.3 Å². The van der Waals surface area contributed by atoms with E-state index in [1.807, 2.05) is 36.1 Å². The van der Waals surface area contributed by atoms with Crippen molar-refractivity contribution in [3.8, 4) is 5.75 Å². The average Bonchev–Trinajstić information content (AvgIpc) is 3.24. The number of ether oxygens (including phenoxy) is 1. The summed E-state index contributed by atoms with van der Waals surface area (Å²) in [6.45, 7) is 11.2. The molecule has 2 aromatic rings. The highest BCUT2D eigenvalue weighted by Crippen LogP contribution is 2.26. The summed E-state index contributed by atoms with van der Waals surface area (Å²) in [6, 6.07) is 7.53. The summed E-state index contributed by atoms with van der Waals surface area (Å²) in [7, 11) is 0. The minimum absolute atomic E-state index is 0.0536. The molecule has 1 aromatic carbocycles. The van der Waals surface area contributed by atoms with E-state index in [2.05, 4.69) is 22.1 Å². The summed E-state index contributed by atoms with van der Waals surface area (Å²) in [5.74, 6) is 1.58. The highest BCUT2D eigenvalue weighted by molar-refractivity contribution is 7.13. The largest absolute Gasteiger partial charge is 0.493 e. The first-order valence-electron chi connectivity index (χ1n) is 11.1. The number of anilines is 1. The first kappa shape index (κ1) is 21.1. The third-order valence-electron chi connectivity index (χ3n) is 6.06. The van der Waals surface area contributed by atoms with E-state index in [9.17, 15) is 4.79 Å². The fraction of sp³-hybridized carbons (Fsp3) is 0.565. The van der Waals surface area contributed by atoms with Gasteiger partial charge in [0.05, 0.1) is 17.9 Å². The fourth-order valence-electron chi connectivity index (χ4n) is 4.16. The third-order valence-corrected chi connectivity index (χ3v) is 7.01. The van der Waals surface area contributed by atoms with Crippen molar-refractivity contribution in [2.45, 2.75) is 33.2 Å². The number of aromatic nitrogens is 1. The number of thiazole rings is 1. The predicted molar refractivity (Wildman–Crippen MR) is 122 cm³/mol. The predicted octanol–water partition coefficient (Wildman–Crippen LogP) is 3.74. The quantitative estimate of drug-likeness (QED) is 0.702. The zero-order valence-corrected chi connectivity index (χ0v) is 18.9. The monoisotopic (exact) mass is 428 g/mol. The second kappa shape index (κ2) is 9.79. The van der Waals surface area contributed by atoms with Crippen LogP contribution in [-0.2, 0) is 6.54 Å². The van der Waals surface area contributed by atoms with Gasteiger partial charge in [0.2, 0.25) is 0 Å². The summed E-state index contributed by atoms with van der Waals surface area (Å²) in [6.07, 6.45) is 2.58. The molecule has 2 fully saturated rings. The van der Waals surface area contributed by atoms with Crippen molar-refractivity contribution >= 4 is 22.4 Å². The van der Waals surface area contributed by atoms with E-state index in [1.165, 1.54) is 31.6 Å². The molecule has 1 amide bonds. The van der Waals surface area contributed by atoms with Crippen LogP contribution >= 0.6 is 11.3 Å². The van der Waals surface area contributed by atoms with Crippen molar-refractivity contribution in [2.75, 3.05) is 50.8 Å². The van der Waals surface area contributed by atoms with Gasteiger partial charge in [-0.3, -0.25) is 9.69 Å². The van der Waals surface area contributed by atoms with Crippen LogP contribution in [0.15, 0.2) is 29.6 Å². The van der Waals surface area contributed by atoms with Gasteiger partial charge in [0.15, 0.2) is 5.13 Å². The second-order valence-corrected chi connectivity index (χ2v) is 9.13. The molecule has 4 rings (SSSR count). The first-order valence-corrected chi connectivity index (χ1v) is 11.9. The molecule has 6 nitrogen and oxygen atoms in total. The highest BCUT2D eigenvalue weighted by Gasteiger charge is 2.26. The van der Waals surface area contributed by atoms with E-state index in [0.29, 0.717) is 31.0 Å². The molecule has 0 atom stereocenters. The molecular formula is C23H32N4O2S. The molecule has 162 valence electrons. The summed E-state index contributed by atoms with van der Waals surface area (Å²) in [4.78, 5) is 24.6. The Labute approximate surface area is 183 Å². The average molecular weight is 429 g/mol. The van der Waals surface area contributed by atoms with Gasteiger partial charge in [-0.1, -0.05) is 19.1 Å². The van der Waals surface area contributed by atoms with Crippen LogP contribution in [0.25, 0.3) is 0 Å². The van der Waals surface area contributed by atoms with Gasteiger partial charge in [0.25, 0.3) is 5.91 Å². The van der Waals surface area contributed by atoms with Crippen LogP contribution in [0.1, 0.15) is 42.7 Å². The lowest BCUT2D eigenvalue weighted by molar-refractivity contribution is 0.0742. The Morgan fingerprint density at radius 2 is 1.87 bits per heavy atom. The van der Waals surface area contributed by atoms with Crippen molar-refractivity contribution in [2.24, 2.45) is 5.92 Å². The second-order valence-electron chi connectivity index (χ2n) is 8.29. The summed E-state index contributed by atoms with van der Waals surface area (Å²) >= 11 is 1.72. The number of para-hydroxylation sites is 1. The fourth-order valence-corrected chi connectivity index (χ4v) is 5.03. The molecule has 2 aliphatic heterocycles. The number of rotatable bonds is 6. The maximum atomic E-state index is 13.0. The van der Waals surface area contributed by atoms with E-state index in [-0.39, 0.29) is 5.91 Å². The topological polar surface area (TPSA) is 48.9 Å². The Morgan fingerprint density at radius 1 is 1.13 bits per heavy atom. The number of nitrogens with zero attached hydrogens (tertiary/aromatic N) is 4. The van der Waals surface area contributed by atoms with Crippen LogP contribution in [-0.4, -0.2) is 66.6 Å². The van der Waals surface area contributed by atoms with E-state index in [4.69, 9.17) is 9.72 Å². The molecule has 1 aromatic heterocycles. The lowest BCUT2D eigenvalue weighted by Gasteiger charge is -2.34. The lowest BCUT2D eigenvalue weighted by atomic mass is 9.99. The number of likely N-dealkylation sites (tertiary alicyclic amines) is 1. The Morgan fingerprint density at radius 3 is 2.60 bits per heavy atom. The smallest absolute Gasteiger partial charge is 0.257 e. The lowest BCUT2D eigenvalue weighted by Crippen LogP contribution is -2.48. The molecule has 2 saturated heterocycles. The molecule has 0 saturated carbocycles. The van der Waals surface area contributed by atoms with Crippen molar-refractivity contribution < 1.29 is 9.53 Å². The van der Waals surface area contributed by atoms with E-state index < -0.39 is 0 Å². The Bertz CT molecular complexity index is 839. The van der Waals surface area contributed by atoms with Gasteiger partial charge in [-0.15, -0.1) is 11.3 Å². The molecule has 0 spiro atoms. The SMILES string of the molecule is CCOc1ccccc1C(=O)N1CCN(c2nc(CN3CCC(C)CC3)cs2)CC1. The Balaban J connectivity index is 1.32. The van der Waals surface area contributed by atoms with Crippen LogP contribution in [0.3, 0.4) is 0 Å². The van der Waals surface area contributed by atoms with Gasteiger partial charge in [-0.05, 0) is 50.9 Å². The van der Waals surface area contributed by atoms with Gasteiger partial charge in [-0.25, -0.2) is 4.98 Å². The first-order chi connectivity index (χ1) is 14.6. The Kier molecular flexibility index (Phi) is 6.89. The molecule has 30 heavy (non-hydrogen) atoms. The third kappa shape index (κ3) is 4.95. The number of piperidine rings is 1. The standard InChI is InChI=1S/C23H32N4O2S/c1-3-29-21-7-5-4-6-20(21)22(28)26-12-14-27(15-13-26)23-24-19(17-30-23)16-25-10-8-18(2)9-11-25/h4-7,17-18H,3,8-16H2,1-2H3. The molecule has 0 N–H and O–H groups in total. The van der Waals surface area contributed by atoms with Gasteiger partial charge >= 0.3 is 0 Å². The molecule has 0 bridgehead atoms. The van der Waals surface area contributed by atoms with E-state index in [0.717, 1.165) is 30.7 Å². The number of hydrogen-bond donors (Lipinski definition) is 0. The van der Waals surface area contributed by atoms with Crippen molar-refractivity contribution in [3.63, 3.8) is 0 Å². The van der Waals surface area contributed by atoms with Crippen LogP contribution in [0.2, 0.25) is 0 Å². The van der Waals surface area contributed by atoms with Gasteiger partial charge < -0.3 is 14.5 Å². The van der Waals surface area contributed by atoms with Gasteiger partial charge in [-0.2, -0.15) is 0 Å². The van der Waals surface area contributed by atoms with Gasteiger partial charge in [0.1, 0.15) is 5.75 Å². The van der Waals surface area contributed by atoms with Gasteiger partial charge in [0, 0.05) is 38.1 Å².